The average molecular weight is 272 g/mol. The normalized spacial score (nSPS) is 16.2. The number of benzene rings is 1. The van der Waals surface area contributed by atoms with Gasteiger partial charge in [0.15, 0.2) is 0 Å². The Kier molecular flexibility index (Phi) is 3.58. The summed E-state index contributed by atoms with van der Waals surface area (Å²) >= 11 is 1.89. The van der Waals surface area contributed by atoms with Crippen LogP contribution in [0.4, 0.5) is 5.69 Å². The SMILES string of the molecule is CCC(N)c1ccccc1N1CCc2sccc2C1. The number of para-hydroxylation sites is 1. The fraction of sp³-hybridized carbons (Fsp3) is 0.375. The zero-order valence-electron chi connectivity index (χ0n) is 11.3. The smallest absolute Gasteiger partial charge is 0.0440 e. The Hall–Kier alpha value is -1.32. The number of nitrogens with two attached hydrogens (primary N) is 1. The molecular formula is C16H20N2S. The lowest BCUT2D eigenvalue weighted by atomic mass is 10.0. The van der Waals surface area contributed by atoms with Gasteiger partial charge >= 0.3 is 0 Å². The highest BCUT2D eigenvalue weighted by Gasteiger charge is 2.20. The third-order valence-electron chi connectivity index (χ3n) is 3.92. The van der Waals surface area contributed by atoms with Crippen LogP contribution in [-0.4, -0.2) is 6.54 Å². The van der Waals surface area contributed by atoms with Crippen molar-refractivity contribution in [1.29, 1.82) is 0 Å². The molecule has 2 heterocycles. The van der Waals surface area contributed by atoms with Gasteiger partial charge in [0.05, 0.1) is 0 Å². The molecule has 1 aliphatic rings. The van der Waals surface area contributed by atoms with Crippen molar-refractivity contribution in [2.75, 3.05) is 11.4 Å². The van der Waals surface area contributed by atoms with Crippen molar-refractivity contribution in [2.45, 2.75) is 32.4 Å². The van der Waals surface area contributed by atoms with E-state index in [1.165, 1.54) is 16.8 Å². The number of anilines is 1. The van der Waals surface area contributed by atoms with Crippen LogP contribution in [0.1, 0.15) is 35.4 Å². The Morgan fingerprint density at radius 3 is 3.00 bits per heavy atom. The van der Waals surface area contributed by atoms with E-state index < -0.39 is 0 Å². The lowest BCUT2D eigenvalue weighted by molar-refractivity contribution is 0.680. The van der Waals surface area contributed by atoms with E-state index >= 15 is 0 Å². The number of rotatable bonds is 3. The van der Waals surface area contributed by atoms with Gasteiger partial charge in [0.25, 0.3) is 0 Å². The van der Waals surface area contributed by atoms with Crippen molar-refractivity contribution in [3.63, 3.8) is 0 Å². The van der Waals surface area contributed by atoms with Crippen LogP contribution in [0.15, 0.2) is 35.7 Å². The first kappa shape index (κ1) is 12.7. The van der Waals surface area contributed by atoms with Gasteiger partial charge in [0, 0.05) is 29.7 Å². The maximum atomic E-state index is 6.25. The summed E-state index contributed by atoms with van der Waals surface area (Å²) in [6.07, 6.45) is 2.14. The first-order chi connectivity index (χ1) is 9.29. The van der Waals surface area contributed by atoms with Gasteiger partial charge in [-0.25, -0.2) is 0 Å². The molecule has 1 atom stereocenters. The zero-order chi connectivity index (χ0) is 13.2. The van der Waals surface area contributed by atoms with Gasteiger partial charge in [-0.05, 0) is 41.5 Å². The molecule has 0 spiro atoms. The molecule has 1 aromatic heterocycles. The van der Waals surface area contributed by atoms with Crippen LogP contribution in [0.2, 0.25) is 0 Å². The summed E-state index contributed by atoms with van der Waals surface area (Å²) in [5.41, 5.74) is 10.3. The summed E-state index contributed by atoms with van der Waals surface area (Å²) in [5, 5.41) is 2.21. The number of hydrogen-bond donors (Lipinski definition) is 1. The molecule has 3 rings (SSSR count). The third kappa shape index (κ3) is 2.40. The quantitative estimate of drug-likeness (QED) is 0.922. The Labute approximate surface area is 118 Å². The Balaban J connectivity index is 1.91. The highest BCUT2D eigenvalue weighted by molar-refractivity contribution is 7.10. The predicted octanol–water partition coefficient (Wildman–Crippen LogP) is 3.72. The van der Waals surface area contributed by atoms with E-state index in [0.717, 1.165) is 25.9 Å². The standard InChI is InChI=1S/C16H20N2S/c1-2-14(17)13-5-3-4-6-15(13)18-9-7-16-12(11-18)8-10-19-16/h3-6,8,10,14H,2,7,9,11,17H2,1H3. The molecule has 0 saturated carbocycles. The molecule has 0 aliphatic carbocycles. The molecule has 2 N–H and O–H groups in total. The molecule has 1 aromatic carbocycles. The Morgan fingerprint density at radius 1 is 1.32 bits per heavy atom. The van der Waals surface area contributed by atoms with Crippen LogP contribution in [0.25, 0.3) is 0 Å². The zero-order valence-corrected chi connectivity index (χ0v) is 12.1. The number of thiophene rings is 1. The summed E-state index contributed by atoms with van der Waals surface area (Å²) in [7, 11) is 0. The van der Waals surface area contributed by atoms with Crippen LogP contribution < -0.4 is 10.6 Å². The second-order valence-corrected chi connectivity index (χ2v) is 6.11. The molecule has 1 aliphatic heterocycles. The monoisotopic (exact) mass is 272 g/mol. The highest BCUT2D eigenvalue weighted by Crippen LogP contribution is 2.32. The van der Waals surface area contributed by atoms with Gasteiger partial charge < -0.3 is 10.6 Å². The van der Waals surface area contributed by atoms with Crippen molar-refractivity contribution in [2.24, 2.45) is 5.73 Å². The molecule has 19 heavy (non-hydrogen) atoms. The van der Waals surface area contributed by atoms with Crippen LogP contribution in [-0.2, 0) is 13.0 Å². The number of nitrogens with zero attached hydrogens (tertiary/aromatic N) is 1. The molecule has 1 unspecified atom stereocenters. The van der Waals surface area contributed by atoms with Crippen molar-refractivity contribution in [3.8, 4) is 0 Å². The molecule has 2 aromatic rings. The number of fused-ring (bicyclic) bond motifs is 1. The summed E-state index contributed by atoms with van der Waals surface area (Å²) < 4.78 is 0. The van der Waals surface area contributed by atoms with Gasteiger partial charge in [-0.1, -0.05) is 25.1 Å². The lowest BCUT2D eigenvalue weighted by Crippen LogP contribution is -2.31. The minimum atomic E-state index is 0.139. The van der Waals surface area contributed by atoms with Crippen LogP contribution in [0.3, 0.4) is 0 Å². The topological polar surface area (TPSA) is 29.3 Å². The predicted molar refractivity (Wildman–Crippen MR) is 82.7 cm³/mol. The molecular weight excluding hydrogens is 252 g/mol. The van der Waals surface area contributed by atoms with E-state index in [0.29, 0.717) is 0 Å². The first-order valence-electron chi connectivity index (χ1n) is 6.94. The fourth-order valence-corrected chi connectivity index (χ4v) is 3.65. The molecule has 100 valence electrons. The van der Waals surface area contributed by atoms with Crippen LogP contribution in [0.5, 0.6) is 0 Å². The number of hydrogen-bond acceptors (Lipinski definition) is 3. The van der Waals surface area contributed by atoms with Gasteiger partial charge in [-0.2, -0.15) is 0 Å². The van der Waals surface area contributed by atoms with Crippen molar-refractivity contribution in [3.05, 3.63) is 51.7 Å². The van der Waals surface area contributed by atoms with E-state index in [9.17, 15) is 0 Å². The molecule has 0 amide bonds. The molecule has 0 bridgehead atoms. The van der Waals surface area contributed by atoms with Crippen LogP contribution >= 0.6 is 11.3 Å². The molecule has 3 heteroatoms. The minimum absolute atomic E-state index is 0.139. The largest absolute Gasteiger partial charge is 0.367 e. The van der Waals surface area contributed by atoms with Crippen molar-refractivity contribution < 1.29 is 0 Å². The Morgan fingerprint density at radius 2 is 2.16 bits per heavy atom. The summed E-state index contributed by atoms with van der Waals surface area (Å²) in [6.45, 7) is 4.27. The van der Waals surface area contributed by atoms with Gasteiger partial charge in [-0.15, -0.1) is 11.3 Å². The molecule has 0 fully saturated rings. The maximum absolute atomic E-state index is 6.25. The van der Waals surface area contributed by atoms with Gasteiger partial charge in [-0.3, -0.25) is 0 Å². The second-order valence-electron chi connectivity index (χ2n) is 5.11. The molecule has 0 saturated heterocycles. The van der Waals surface area contributed by atoms with E-state index in [4.69, 9.17) is 5.73 Å². The molecule has 2 nitrogen and oxygen atoms in total. The lowest BCUT2D eigenvalue weighted by Gasteiger charge is -2.31. The van der Waals surface area contributed by atoms with E-state index in [1.54, 1.807) is 4.88 Å². The maximum Gasteiger partial charge on any atom is 0.0440 e. The van der Waals surface area contributed by atoms with Gasteiger partial charge in [0.1, 0.15) is 0 Å². The van der Waals surface area contributed by atoms with E-state index in [-0.39, 0.29) is 6.04 Å². The third-order valence-corrected chi connectivity index (χ3v) is 4.95. The molecule has 0 radical (unpaired) electrons. The summed E-state index contributed by atoms with van der Waals surface area (Å²) in [6, 6.07) is 11.0. The van der Waals surface area contributed by atoms with Crippen LogP contribution in [0, 0.1) is 0 Å². The average Bonchev–Trinajstić information content (AvgIpc) is 2.93. The van der Waals surface area contributed by atoms with Gasteiger partial charge in [0.2, 0.25) is 0 Å². The Bertz CT molecular complexity index is 561. The van der Waals surface area contributed by atoms with Crippen molar-refractivity contribution in [1.82, 2.24) is 0 Å². The van der Waals surface area contributed by atoms with E-state index in [1.807, 2.05) is 11.3 Å². The highest BCUT2D eigenvalue weighted by atomic mass is 32.1. The summed E-state index contributed by atoms with van der Waals surface area (Å²) in [4.78, 5) is 4.02. The summed E-state index contributed by atoms with van der Waals surface area (Å²) in [5.74, 6) is 0. The minimum Gasteiger partial charge on any atom is -0.367 e. The first-order valence-corrected chi connectivity index (χ1v) is 7.82. The van der Waals surface area contributed by atoms with E-state index in [2.05, 4.69) is 47.5 Å². The second kappa shape index (κ2) is 5.35. The fourth-order valence-electron chi connectivity index (χ4n) is 2.76. The van der Waals surface area contributed by atoms with Crippen molar-refractivity contribution >= 4 is 17.0 Å².